The first kappa shape index (κ1) is 13.6. The molecule has 0 spiro atoms. The van der Waals surface area contributed by atoms with Crippen LogP contribution in [0.3, 0.4) is 0 Å². The van der Waals surface area contributed by atoms with Gasteiger partial charge in [-0.1, -0.05) is 18.2 Å². The number of aryl methyl sites for hydroxylation is 4. The summed E-state index contributed by atoms with van der Waals surface area (Å²) >= 11 is 0. The summed E-state index contributed by atoms with van der Waals surface area (Å²) in [7, 11) is 4.20. The fourth-order valence-corrected chi connectivity index (χ4v) is 4.00. The summed E-state index contributed by atoms with van der Waals surface area (Å²) < 4.78 is 10.7. The number of pyridine rings is 1. The van der Waals surface area contributed by atoms with Crippen molar-refractivity contribution >= 4 is 43.9 Å². The molecule has 5 aromatic rings. The van der Waals surface area contributed by atoms with Crippen molar-refractivity contribution in [3.05, 3.63) is 53.7 Å². The van der Waals surface area contributed by atoms with Crippen LogP contribution in [0.15, 0.2) is 47.0 Å². The summed E-state index contributed by atoms with van der Waals surface area (Å²) in [6, 6.07) is 12.9. The average molecular weight is 315 g/mol. The Morgan fingerprint density at radius 3 is 2.67 bits per heavy atom. The number of hydrogen-bond donors (Lipinski definition) is 0. The highest BCUT2D eigenvalue weighted by Gasteiger charge is 2.19. The van der Waals surface area contributed by atoms with Gasteiger partial charge in [-0.15, -0.1) is 0 Å². The lowest BCUT2D eigenvalue weighted by Crippen LogP contribution is -2.24. The van der Waals surface area contributed by atoms with Gasteiger partial charge in [0.15, 0.2) is 11.8 Å². The Balaban J connectivity index is 2.20. The lowest BCUT2D eigenvalue weighted by atomic mass is 9.96. The number of nitrogens with zero attached hydrogens (tertiary/aromatic N) is 2. The van der Waals surface area contributed by atoms with Crippen molar-refractivity contribution in [2.75, 3.05) is 0 Å². The van der Waals surface area contributed by atoms with Crippen LogP contribution in [0.4, 0.5) is 0 Å². The molecule has 0 fully saturated rings. The van der Waals surface area contributed by atoms with Gasteiger partial charge in [-0.05, 0) is 36.4 Å². The van der Waals surface area contributed by atoms with Crippen LogP contribution in [0, 0.1) is 13.8 Å². The lowest BCUT2D eigenvalue weighted by Gasteiger charge is -2.15. The van der Waals surface area contributed by atoms with E-state index in [9.17, 15) is 0 Å². The second kappa shape index (κ2) is 4.38. The van der Waals surface area contributed by atoms with Crippen LogP contribution in [0.1, 0.15) is 11.1 Å². The summed E-state index contributed by atoms with van der Waals surface area (Å²) in [6.07, 6.45) is 2.10. The second-order valence-electron chi connectivity index (χ2n) is 6.76. The van der Waals surface area contributed by atoms with E-state index in [4.69, 9.17) is 4.42 Å². The molecule has 0 aliphatic heterocycles. The van der Waals surface area contributed by atoms with E-state index in [2.05, 4.69) is 79.7 Å². The van der Waals surface area contributed by atoms with Crippen LogP contribution in [0.5, 0.6) is 0 Å². The molecule has 2 aromatic carbocycles. The van der Waals surface area contributed by atoms with E-state index < -0.39 is 0 Å². The minimum Gasteiger partial charge on any atom is -0.454 e. The summed E-state index contributed by atoms with van der Waals surface area (Å²) in [4.78, 5) is 0. The summed E-state index contributed by atoms with van der Waals surface area (Å²) in [6.45, 7) is 4.40. The minimum atomic E-state index is 0.931. The van der Waals surface area contributed by atoms with Crippen molar-refractivity contribution in [2.24, 2.45) is 14.1 Å². The Labute approximate surface area is 139 Å². The van der Waals surface area contributed by atoms with Gasteiger partial charge >= 0.3 is 0 Å². The molecule has 3 heterocycles. The molecule has 0 saturated carbocycles. The molecular formula is C21H19N2O+. The monoisotopic (exact) mass is 315 g/mol. The Hall–Kier alpha value is -2.81. The van der Waals surface area contributed by atoms with Crippen molar-refractivity contribution < 1.29 is 8.98 Å². The predicted octanol–water partition coefficient (Wildman–Crippen LogP) is 4.67. The first-order valence-corrected chi connectivity index (χ1v) is 8.25. The van der Waals surface area contributed by atoms with E-state index in [1.54, 1.807) is 0 Å². The van der Waals surface area contributed by atoms with E-state index in [0.717, 1.165) is 11.2 Å². The van der Waals surface area contributed by atoms with Crippen molar-refractivity contribution in [1.82, 2.24) is 4.57 Å². The number of rotatable bonds is 0. The average Bonchev–Trinajstić information content (AvgIpc) is 2.93. The largest absolute Gasteiger partial charge is 0.454 e. The maximum absolute atomic E-state index is 6.32. The molecule has 3 nitrogen and oxygen atoms in total. The van der Waals surface area contributed by atoms with E-state index in [1.807, 2.05) is 0 Å². The molecule has 5 rings (SSSR count). The van der Waals surface area contributed by atoms with Gasteiger partial charge in [-0.2, -0.15) is 4.57 Å². The third kappa shape index (κ3) is 1.54. The molecule has 0 aliphatic carbocycles. The second-order valence-corrected chi connectivity index (χ2v) is 6.76. The molecule has 0 bridgehead atoms. The van der Waals surface area contributed by atoms with Gasteiger partial charge in [-0.3, -0.25) is 0 Å². The fraction of sp³-hybridized carbons (Fsp3) is 0.190. The van der Waals surface area contributed by atoms with Crippen LogP contribution in [-0.4, -0.2) is 4.57 Å². The summed E-state index contributed by atoms with van der Waals surface area (Å²) in [5.74, 6) is 0. The summed E-state index contributed by atoms with van der Waals surface area (Å²) in [5, 5.41) is 3.76. The van der Waals surface area contributed by atoms with Crippen LogP contribution in [-0.2, 0) is 14.1 Å². The van der Waals surface area contributed by atoms with Gasteiger partial charge in [0.2, 0.25) is 5.52 Å². The van der Waals surface area contributed by atoms with Gasteiger partial charge < -0.3 is 8.98 Å². The minimum absolute atomic E-state index is 0.931. The third-order valence-electron chi connectivity index (χ3n) is 5.40. The third-order valence-corrected chi connectivity index (χ3v) is 5.40. The number of fused-ring (bicyclic) bond motifs is 3. The van der Waals surface area contributed by atoms with Crippen molar-refractivity contribution in [1.29, 1.82) is 0 Å². The van der Waals surface area contributed by atoms with Gasteiger partial charge in [0.1, 0.15) is 18.1 Å². The first-order chi connectivity index (χ1) is 11.6. The van der Waals surface area contributed by atoms with E-state index in [-0.39, 0.29) is 0 Å². The Morgan fingerprint density at radius 2 is 1.83 bits per heavy atom. The molecular weight excluding hydrogens is 296 g/mol. The van der Waals surface area contributed by atoms with Gasteiger partial charge in [0, 0.05) is 23.9 Å². The molecule has 118 valence electrons. The quantitative estimate of drug-likeness (QED) is 0.231. The van der Waals surface area contributed by atoms with Crippen LogP contribution in [0.25, 0.3) is 43.9 Å². The van der Waals surface area contributed by atoms with Gasteiger partial charge in [0.05, 0.1) is 11.6 Å². The van der Waals surface area contributed by atoms with E-state index in [0.29, 0.717) is 0 Å². The normalized spacial score (nSPS) is 12.2. The Bertz CT molecular complexity index is 1290. The summed E-state index contributed by atoms with van der Waals surface area (Å²) in [5.41, 5.74) is 8.08. The lowest BCUT2D eigenvalue weighted by molar-refractivity contribution is -0.642. The molecule has 3 heteroatoms. The van der Waals surface area contributed by atoms with Crippen LogP contribution < -0.4 is 4.57 Å². The van der Waals surface area contributed by atoms with E-state index in [1.165, 1.54) is 43.8 Å². The van der Waals surface area contributed by atoms with E-state index >= 15 is 0 Å². The fourth-order valence-electron chi connectivity index (χ4n) is 4.00. The van der Waals surface area contributed by atoms with Gasteiger partial charge in [-0.25, -0.2) is 0 Å². The smallest absolute Gasteiger partial charge is 0.232 e. The maximum atomic E-state index is 6.32. The SMILES string of the molecule is Cc1cc2cccc3oc4cc5c(cc[n+]5C)n(C)c4c(c1C)c23. The first-order valence-electron chi connectivity index (χ1n) is 8.25. The van der Waals surface area contributed by atoms with Crippen molar-refractivity contribution in [3.8, 4) is 0 Å². The van der Waals surface area contributed by atoms with Crippen LogP contribution >= 0.6 is 0 Å². The number of aromatic nitrogens is 2. The van der Waals surface area contributed by atoms with Crippen molar-refractivity contribution in [2.45, 2.75) is 13.8 Å². The molecule has 0 radical (unpaired) electrons. The Morgan fingerprint density at radius 1 is 1.00 bits per heavy atom. The molecule has 24 heavy (non-hydrogen) atoms. The Kier molecular flexibility index (Phi) is 2.49. The molecule has 0 aliphatic rings. The highest BCUT2D eigenvalue weighted by Crippen LogP contribution is 2.37. The zero-order valence-corrected chi connectivity index (χ0v) is 14.3. The molecule has 0 atom stereocenters. The molecule has 0 unspecified atom stereocenters. The van der Waals surface area contributed by atoms with Crippen LogP contribution in [0.2, 0.25) is 0 Å². The topological polar surface area (TPSA) is 21.9 Å². The number of hydrogen-bond acceptors (Lipinski definition) is 1. The molecule has 0 N–H and O–H groups in total. The molecule has 0 saturated heterocycles. The predicted molar refractivity (Wildman–Crippen MR) is 98.4 cm³/mol. The zero-order valence-electron chi connectivity index (χ0n) is 14.3. The highest BCUT2D eigenvalue weighted by atomic mass is 16.3. The van der Waals surface area contributed by atoms with Crippen molar-refractivity contribution in [3.63, 3.8) is 0 Å². The molecule has 3 aromatic heterocycles. The standard InChI is InChI=1S/C21H19N2O/c1-12-10-14-6-5-7-17-20(14)19(13(12)2)21-18(24-17)11-16-15(23(21)4)8-9-22(16)3/h5-11H,1-4H3/q+1. The maximum Gasteiger partial charge on any atom is 0.232 e. The van der Waals surface area contributed by atoms with Gasteiger partial charge in [0.25, 0.3) is 0 Å². The zero-order chi connectivity index (χ0) is 16.6. The number of benzene rings is 2. The highest BCUT2D eigenvalue weighted by molar-refractivity contribution is 6.19. The molecule has 0 amide bonds.